The van der Waals surface area contributed by atoms with Crippen molar-refractivity contribution in [3.05, 3.63) is 50.8 Å². The predicted molar refractivity (Wildman–Crippen MR) is 84.0 cm³/mol. The minimum atomic E-state index is -3.65. The first-order valence-corrected chi connectivity index (χ1v) is 8.23. The normalized spacial score (nSPS) is 11.3. The van der Waals surface area contributed by atoms with Gasteiger partial charge >= 0.3 is 0 Å². The zero-order chi connectivity index (χ0) is 14.0. The third-order valence-electron chi connectivity index (χ3n) is 2.44. The number of pyridine rings is 1. The fourth-order valence-corrected chi connectivity index (χ4v) is 3.53. The lowest BCUT2D eigenvalue weighted by Gasteiger charge is -2.10. The lowest BCUT2D eigenvalue weighted by molar-refractivity contribution is 0.601. The van der Waals surface area contributed by atoms with Crippen LogP contribution in [0.1, 0.15) is 5.56 Å². The van der Waals surface area contributed by atoms with Gasteiger partial charge in [-0.25, -0.2) is 13.4 Å². The van der Waals surface area contributed by atoms with Gasteiger partial charge in [0.15, 0.2) is 0 Å². The van der Waals surface area contributed by atoms with E-state index in [2.05, 4.69) is 32.3 Å². The van der Waals surface area contributed by atoms with E-state index in [4.69, 9.17) is 11.6 Å². The van der Waals surface area contributed by atoms with Gasteiger partial charge in [0.2, 0.25) is 0 Å². The van der Waals surface area contributed by atoms with Gasteiger partial charge < -0.3 is 0 Å². The molecule has 0 aliphatic rings. The van der Waals surface area contributed by atoms with Crippen LogP contribution in [0.5, 0.6) is 0 Å². The smallest absolute Gasteiger partial charge is 0.262 e. The number of nitrogens with one attached hydrogen (secondary N) is 1. The molecule has 1 N–H and O–H groups in total. The molecule has 0 unspecified atom stereocenters. The monoisotopic (exact) mass is 408 g/mol. The van der Waals surface area contributed by atoms with Crippen LogP contribution in [0.25, 0.3) is 0 Å². The molecule has 0 amide bonds. The van der Waals surface area contributed by atoms with Gasteiger partial charge in [-0.05, 0) is 65.4 Å². The quantitative estimate of drug-likeness (QED) is 0.625. The average molecular weight is 409 g/mol. The van der Waals surface area contributed by atoms with E-state index in [1.165, 1.54) is 18.3 Å². The number of rotatable bonds is 3. The van der Waals surface area contributed by atoms with E-state index in [9.17, 15) is 8.42 Å². The highest BCUT2D eigenvalue weighted by Crippen LogP contribution is 2.22. The summed E-state index contributed by atoms with van der Waals surface area (Å²) < 4.78 is 28.0. The predicted octanol–water partition coefficient (Wildman–Crippen LogP) is 3.45. The number of benzene rings is 1. The number of aromatic nitrogens is 1. The molecule has 0 spiro atoms. The number of nitrogens with zero attached hydrogens (tertiary/aromatic N) is 1. The topological polar surface area (TPSA) is 59.1 Å². The molecule has 4 nitrogen and oxygen atoms in total. The molecule has 100 valence electrons. The lowest BCUT2D eigenvalue weighted by atomic mass is 10.2. The van der Waals surface area contributed by atoms with Crippen LogP contribution in [0.2, 0.25) is 5.15 Å². The molecule has 7 heteroatoms. The van der Waals surface area contributed by atoms with Crippen LogP contribution >= 0.6 is 34.2 Å². The fraction of sp³-hybridized carbons (Fsp3) is 0.0833. The second-order valence-corrected chi connectivity index (χ2v) is 7.19. The average Bonchev–Trinajstić information content (AvgIpc) is 2.33. The first kappa shape index (κ1) is 14.5. The molecule has 0 aliphatic heterocycles. The summed E-state index contributed by atoms with van der Waals surface area (Å²) in [6, 6.07) is 8.18. The van der Waals surface area contributed by atoms with E-state index in [1.807, 2.05) is 19.1 Å². The van der Waals surface area contributed by atoms with Gasteiger partial charge in [0.25, 0.3) is 10.0 Å². The summed E-state index contributed by atoms with van der Waals surface area (Å²) in [7, 11) is -3.65. The Kier molecular flexibility index (Phi) is 4.32. The van der Waals surface area contributed by atoms with Gasteiger partial charge in [0.1, 0.15) is 5.15 Å². The molecule has 0 aliphatic carbocycles. The third kappa shape index (κ3) is 3.58. The molecule has 19 heavy (non-hydrogen) atoms. The van der Waals surface area contributed by atoms with E-state index in [0.717, 1.165) is 9.13 Å². The summed E-state index contributed by atoms with van der Waals surface area (Å²) in [6.45, 7) is 1.85. The summed E-state index contributed by atoms with van der Waals surface area (Å²) in [5, 5.41) is 0.141. The number of aryl methyl sites for hydroxylation is 1. The van der Waals surface area contributed by atoms with Gasteiger partial charge in [-0.2, -0.15) is 0 Å². The SMILES string of the molecule is Cc1cc(I)ccc1NS(=O)(=O)c1ccnc(Cl)c1. The van der Waals surface area contributed by atoms with Gasteiger partial charge in [-0.1, -0.05) is 11.6 Å². The number of anilines is 1. The molecular formula is C12H10ClIN2O2S. The maximum absolute atomic E-state index is 12.2. The molecule has 1 aromatic heterocycles. The maximum Gasteiger partial charge on any atom is 0.262 e. The fourth-order valence-electron chi connectivity index (χ4n) is 1.50. The van der Waals surface area contributed by atoms with Crippen molar-refractivity contribution in [2.24, 2.45) is 0 Å². The van der Waals surface area contributed by atoms with Gasteiger partial charge in [0.05, 0.1) is 10.6 Å². The van der Waals surface area contributed by atoms with Gasteiger partial charge in [0, 0.05) is 9.77 Å². The van der Waals surface area contributed by atoms with Crippen molar-refractivity contribution < 1.29 is 8.42 Å². The van der Waals surface area contributed by atoms with Crippen molar-refractivity contribution in [1.29, 1.82) is 0 Å². The molecule has 1 heterocycles. The highest BCUT2D eigenvalue weighted by atomic mass is 127. The molecule has 0 fully saturated rings. The first-order chi connectivity index (χ1) is 8.88. The third-order valence-corrected chi connectivity index (χ3v) is 4.68. The number of halogens is 2. The summed E-state index contributed by atoms with van der Waals surface area (Å²) in [5.41, 5.74) is 1.41. The summed E-state index contributed by atoms with van der Waals surface area (Å²) in [6.07, 6.45) is 1.36. The van der Waals surface area contributed by atoms with Crippen LogP contribution in [0.4, 0.5) is 5.69 Å². The Morgan fingerprint density at radius 2 is 2.00 bits per heavy atom. The van der Waals surface area contributed by atoms with E-state index < -0.39 is 10.0 Å². The molecular weight excluding hydrogens is 399 g/mol. The molecule has 2 rings (SSSR count). The second-order valence-electron chi connectivity index (χ2n) is 3.88. The Hall–Kier alpha value is -0.860. The Bertz CT molecular complexity index is 719. The Labute approximate surface area is 130 Å². The number of hydrogen-bond donors (Lipinski definition) is 1. The molecule has 0 saturated heterocycles. The first-order valence-electron chi connectivity index (χ1n) is 5.29. The van der Waals surface area contributed by atoms with Crippen molar-refractivity contribution in [3.8, 4) is 0 Å². The van der Waals surface area contributed by atoms with E-state index in [1.54, 1.807) is 6.07 Å². The van der Waals surface area contributed by atoms with E-state index >= 15 is 0 Å². The van der Waals surface area contributed by atoms with Crippen LogP contribution in [-0.4, -0.2) is 13.4 Å². The van der Waals surface area contributed by atoms with Crippen molar-refractivity contribution >= 4 is 49.9 Å². The summed E-state index contributed by atoms with van der Waals surface area (Å²) in [5.74, 6) is 0. The van der Waals surface area contributed by atoms with Gasteiger partial charge in [-0.3, -0.25) is 4.72 Å². The zero-order valence-electron chi connectivity index (χ0n) is 9.89. The highest BCUT2D eigenvalue weighted by Gasteiger charge is 2.15. The van der Waals surface area contributed by atoms with Crippen LogP contribution in [-0.2, 0) is 10.0 Å². The zero-order valence-corrected chi connectivity index (χ0v) is 13.6. The number of sulfonamides is 1. The van der Waals surface area contributed by atoms with Crippen molar-refractivity contribution in [1.82, 2.24) is 4.98 Å². The molecule has 2 aromatic rings. The molecule has 0 radical (unpaired) electrons. The number of hydrogen-bond acceptors (Lipinski definition) is 3. The largest absolute Gasteiger partial charge is 0.279 e. The molecule has 0 bridgehead atoms. The van der Waals surface area contributed by atoms with Gasteiger partial charge in [-0.15, -0.1) is 0 Å². The molecule has 0 saturated carbocycles. The Morgan fingerprint density at radius 3 is 2.63 bits per heavy atom. The van der Waals surface area contributed by atoms with Crippen molar-refractivity contribution in [2.75, 3.05) is 4.72 Å². The Morgan fingerprint density at radius 1 is 1.26 bits per heavy atom. The summed E-state index contributed by atoms with van der Waals surface area (Å²) >= 11 is 7.87. The van der Waals surface area contributed by atoms with Crippen LogP contribution in [0.15, 0.2) is 41.4 Å². The summed E-state index contributed by atoms with van der Waals surface area (Å²) in [4.78, 5) is 3.85. The lowest BCUT2D eigenvalue weighted by Crippen LogP contribution is -2.13. The van der Waals surface area contributed by atoms with Crippen molar-refractivity contribution in [3.63, 3.8) is 0 Å². The molecule has 0 atom stereocenters. The Balaban J connectivity index is 2.36. The van der Waals surface area contributed by atoms with E-state index in [-0.39, 0.29) is 10.0 Å². The van der Waals surface area contributed by atoms with Crippen molar-refractivity contribution in [2.45, 2.75) is 11.8 Å². The minimum Gasteiger partial charge on any atom is -0.279 e. The standard InChI is InChI=1S/C12H10ClIN2O2S/c1-8-6-9(14)2-3-11(8)16-19(17,18)10-4-5-15-12(13)7-10/h2-7,16H,1H3. The van der Waals surface area contributed by atoms with E-state index in [0.29, 0.717) is 5.69 Å². The van der Waals surface area contributed by atoms with Crippen LogP contribution in [0, 0.1) is 10.5 Å². The van der Waals surface area contributed by atoms with Crippen LogP contribution in [0.3, 0.4) is 0 Å². The van der Waals surface area contributed by atoms with Crippen LogP contribution < -0.4 is 4.72 Å². The second kappa shape index (κ2) is 5.64. The minimum absolute atomic E-state index is 0.0884. The molecule has 1 aromatic carbocycles. The highest BCUT2D eigenvalue weighted by molar-refractivity contribution is 14.1. The maximum atomic E-state index is 12.2.